The van der Waals surface area contributed by atoms with Gasteiger partial charge in [0.25, 0.3) is 0 Å². The molecule has 1 aliphatic carbocycles. The van der Waals surface area contributed by atoms with Crippen molar-refractivity contribution in [3.8, 4) is 11.5 Å². The van der Waals surface area contributed by atoms with Crippen molar-refractivity contribution in [2.45, 2.75) is 30.8 Å². The second-order valence-corrected chi connectivity index (χ2v) is 8.07. The summed E-state index contributed by atoms with van der Waals surface area (Å²) in [5, 5.41) is 0. The third kappa shape index (κ3) is 2.80. The van der Waals surface area contributed by atoms with E-state index in [9.17, 15) is 4.39 Å². The van der Waals surface area contributed by atoms with Crippen molar-refractivity contribution in [2.24, 2.45) is 0 Å². The molecule has 5 heteroatoms. The molecule has 5 rings (SSSR count). The van der Waals surface area contributed by atoms with Gasteiger partial charge in [-0.2, -0.15) is 0 Å². The number of hydrogen-bond donors (Lipinski definition) is 0. The van der Waals surface area contributed by atoms with Crippen molar-refractivity contribution in [3.63, 3.8) is 0 Å². The number of nitrogens with zero attached hydrogens (tertiary/aromatic N) is 2. The van der Waals surface area contributed by atoms with Crippen LogP contribution in [0.1, 0.15) is 35.1 Å². The fraction of sp³-hybridized carbons (Fsp3) is 0.455. The Labute approximate surface area is 159 Å². The highest BCUT2D eigenvalue weighted by Crippen LogP contribution is 2.44. The van der Waals surface area contributed by atoms with Crippen molar-refractivity contribution >= 4 is 0 Å². The second-order valence-electron chi connectivity index (χ2n) is 8.07. The molecule has 0 N–H and O–H groups in total. The highest BCUT2D eigenvalue weighted by atomic mass is 19.1. The number of benzene rings is 2. The van der Waals surface area contributed by atoms with E-state index < -0.39 is 0 Å². The van der Waals surface area contributed by atoms with Gasteiger partial charge in [-0.25, -0.2) is 4.39 Å². The zero-order valence-electron chi connectivity index (χ0n) is 15.8. The van der Waals surface area contributed by atoms with Crippen LogP contribution in [0, 0.1) is 5.82 Å². The van der Waals surface area contributed by atoms with E-state index in [0.29, 0.717) is 18.8 Å². The number of ether oxygens (including phenoxy) is 2. The lowest BCUT2D eigenvalue weighted by Crippen LogP contribution is -2.35. The Kier molecular flexibility index (Phi) is 4.10. The molecule has 0 spiro atoms. The molecule has 3 atom stereocenters. The summed E-state index contributed by atoms with van der Waals surface area (Å²) >= 11 is 0. The van der Waals surface area contributed by atoms with Gasteiger partial charge in [-0.05, 0) is 56.3 Å². The van der Waals surface area contributed by atoms with E-state index in [-0.39, 0.29) is 11.9 Å². The average molecular weight is 368 g/mol. The van der Waals surface area contributed by atoms with Crippen LogP contribution in [-0.4, -0.2) is 49.8 Å². The van der Waals surface area contributed by atoms with E-state index in [0.717, 1.165) is 43.0 Å². The molecule has 142 valence electrons. The van der Waals surface area contributed by atoms with Crippen LogP contribution in [0.4, 0.5) is 4.39 Å². The zero-order valence-corrected chi connectivity index (χ0v) is 15.8. The van der Waals surface area contributed by atoms with E-state index in [4.69, 9.17) is 9.47 Å². The van der Waals surface area contributed by atoms with Crippen molar-refractivity contribution in [1.29, 1.82) is 0 Å². The lowest BCUT2D eigenvalue weighted by molar-refractivity contribution is 0.174. The minimum atomic E-state index is -0.0528. The minimum absolute atomic E-state index is 0.0528. The van der Waals surface area contributed by atoms with E-state index in [2.05, 4.69) is 42.1 Å². The normalized spacial score (nSPS) is 26.7. The second kappa shape index (κ2) is 6.50. The van der Waals surface area contributed by atoms with Gasteiger partial charge in [-0.3, -0.25) is 4.90 Å². The van der Waals surface area contributed by atoms with Crippen LogP contribution in [0.3, 0.4) is 0 Å². The van der Waals surface area contributed by atoms with Crippen LogP contribution in [0.25, 0.3) is 0 Å². The number of fused-ring (bicyclic) bond motifs is 2. The molecule has 0 amide bonds. The Hall–Kier alpha value is -2.11. The largest absolute Gasteiger partial charge is 0.454 e. The van der Waals surface area contributed by atoms with Gasteiger partial charge in [0.2, 0.25) is 6.79 Å². The van der Waals surface area contributed by atoms with E-state index in [1.165, 1.54) is 11.1 Å². The predicted octanol–water partition coefficient (Wildman–Crippen LogP) is 3.57. The maximum Gasteiger partial charge on any atom is 0.231 e. The lowest BCUT2D eigenvalue weighted by Gasteiger charge is -2.26. The smallest absolute Gasteiger partial charge is 0.231 e. The Balaban J connectivity index is 1.45. The van der Waals surface area contributed by atoms with Crippen LogP contribution in [0.5, 0.6) is 11.5 Å². The first-order chi connectivity index (χ1) is 13.1. The molecule has 27 heavy (non-hydrogen) atoms. The number of hydrogen-bond acceptors (Lipinski definition) is 4. The average Bonchev–Trinajstić information content (AvgIpc) is 3.38. The fourth-order valence-electron chi connectivity index (χ4n) is 5.04. The standard InChI is InChI=1S/C22H25FN2O2/c1-24(2)19-12-25(18-8-6-14-4-3-5-17(23)22(14)18)11-16(19)15-7-9-20-21(10-15)27-13-26-20/h3-5,7,9-10,16,18-19H,6,8,11-13H2,1-2H3. The summed E-state index contributed by atoms with van der Waals surface area (Å²) in [6.07, 6.45) is 1.97. The molecular formula is C22H25FN2O2. The van der Waals surface area contributed by atoms with Gasteiger partial charge in [0.15, 0.2) is 11.5 Å². The van der Waals surface area contributed by atoms with Crippen LogP contribution in [0.15, 0.2) is 36.4 Å². The van der Waals surface area contributed by atoms with Gasteiger partial charge in [0, 0.05) is 36.7 Å². The Morgan fingerprint density at radius 1 is 1.07 bits per heavy atom. The van der Waals surface area contributed by atoms with Crippen LogP contribution >= 0.6 is 0 Å². The summed E-state index contributed by atoms with van der Waals surface area (Å²) in [5.74, 6) is 1.97. The first-order valence-electron chi connectivity index (χ1n) is 9.69. The first-order valence-corrected chi connectivity index (χ1v) is 9.69. The number of halogens is 1. The van der Waals surface area contributed by atoms with Crippen LogP contribution < -0.4 is 9.47 Å². The van der Waals surface area contributed by atoms with Gasteiger partial charge in [-0.15, -0.1) is 0 Å². The summed E-state index contributed by atoms with van der Waals surface area (Å²) in [4.78, 5) is 4.78. The summed E-state index contributed by atoms with van der Waals surface area (Å²) in [6, 6.07) is 12.4. The molecule has 1 saturated heterocycles. The zero-order chi connectivity index (χ0) is 18.5. The molecule has 0 aromatic heterocycles. The first kappa shape index (κ1) is 17.0. The molecule has 2 aromatic rings. The molecule has 4 nitrogen and oxygen atoms in total. The maximum atomic E-state index is 14.6. The molecule has 0 saturated carbocycles. The molecule has 3 aliphatic rings. The maximum absolute atomic E-state index is 14.6. The third-order valence-electron chi connectivity index (χ3n) is 6.41. The SMILES string of the molecule is CN(C)C1CN(C2CCc3cccc(F)c32)CC1c1ccc2c(c1)OCO2. The number of likely N-dealkylation sites (tertiary alicyclic amines) is 1. The monoisotopic (exact) mass is 368 g/mol. The van der Waals surface area contributed by atoms with Crippen molar-refractivity contribution in [3.05, 3.63) is 58.9 Å². The van der Waals surface area contributed by atoms with Crippen LogP contribution in [-0.2, 0) is 6.42 Å². The highest BCUT2D eigenvalue weighted by Gasteiger charge is 2.41. The van der Waals surface area contributed by atoms with Gasteiger partial charge < -0.3 is 14.4 Å². The van der Waals surface area contributed by atoms with Crippen LogP contribution in [0.2, 0.25) is 0 Å². The molecule has 1 fully saturated rings. The molecule has 3 unspecified atom stereocenters. The quantitative estimate of drug-likeness (QED) is 0.827. The molecule has 0 bridgehead atoms. The number of aryl methyl sites for hydroxylation is 1. The molecule has 2 aliphatic heterocycles. The topological polar surface area (TPSA) is 24.9 Å². The molecular weight excluding hydrogens is 343 g/mol. The lowest BCUT2D eigenvalue weighted by atomic mass is 9.93. The van der Waals surface area contributed by atoms with Gasteiger partial charge in [0.1, 0.15) is 5.82 Å². The van der Waals surface area contributed by atoms with Crippen molar-refractivity contribution in [1.82, 2.24) is 9.80 Å². The van der Waals surface area contributed by atoms with E-state index in [1.54, 1.807) is 6.07 Å². The van der Waals surface area contributed by atoms with Crippen molar-refractivity contribution < 1.29 is 13.9 Å². The Morgan fingerprint density at radius 2 is 1.93 bits per heavy atom. The number of rotatable bonds is 3. The summed E-state index contributed by atoms with van der Waals surface area (Å²) in [5.41, 5.74) is 3.36. The summed E-state index contributed by atoms with van der Waals surface area (Å²) in [7, 11) is 4.27. The summed E-state index contributed by atoms with van der Waals surface area (Å²) in [6.45, 7) is 2.18. The predicted molar refractivity (Wildman–Crippen MR) is 102 cm³/mol. The Morgan fingerprint density at radius 3 is 2.78 bits per heavy atom. The van der Waals surface area contributed by atoms with Crippen molar-refractivity contribution in [2.75, 3.05) is 34.0 Å². The molecule has 2 aromatic carbocycles. The van der Waals surface area contributed by atoms with Gasteiger partial charge in [0.05, 0.1) is 0 Å². The van der Waals surface area contributed by atoms with E-state index >= 15 is 0 Å². The van der Waals surface area contributed by atoms with Gasteiger partial charge in [-0.1, -0.05) is 18.2 Å². The van der Waals surface area contributed by atoms with E-state index in [1.807, 2.05) is 12.1 Å². The fourth-order valence-corrected chi connectivity index (χ4v) is 5.04. The number of likely N-dealkylation sites (N-methyl/N-ethyl adjacent to an activating group) is 1. The summed E-state index contributed by atoms with van der Waals surface area (Å²) < 4.78 is 25.6. The Bertz CT molecular complexity index is 869. The molecule has 0 radical (unpaired) electrons. The highest BCUT2D eigenvalue weighted by molar-refractivity contribution is 5.46. The minimum Gasteiger partial charge on any atom is -0.454 e. The molecule has 2 heterocycles. The third-order valence-corrected chi connectivity index (χ3v) is 6.41. The van der Waals surface area contributed by atoms with Gasteiger partial charge >= 0.3 is 0 Å².